The summed E-state index contributed by atoms with van der Waals surface area (Å²) >= 11 is 0. The van der Waals surface area contributed by atoms with Crippen molar-refractivity contribution < 1.29 is 19.5 Å². The Bertz CT molecular complexity index is 617. The molecule has 1 atom stereocenters. The molecule has 0 aliphatic rings. The number of nitrogens with one attached hydrogen (secondary N) is 2. The van der Waals surface area contributed by atoms with Crippen molar-refractivity contribution in [3.63, 3.8) is 0 Å². The van der Waals surface area contributed by atoms with Crippen LogP contribution in [0, 0.1) is 0 Å². The van der Waals surface area contributed by atoms with Gasteiger partial charge in [0.1, 0.15) is 6.54 Å². The number of carbonyl (C=O) groups excluding carboxylic acids is 2. The van der Waals surface area contributed by atoms with Crippen molar-refractivity contribution in [1.82, 2.24) is 10.6 Å². The Kier molecular flexibility index (Phi) is 11.6. The molecule has 0 aromatic heterocycles. The Hall–Kier alpha value is -2.41. The predicted molar refractivity (Wildman–Crippen MR) is 109 cm³/mol. The highest BCUT2D eigenvalue weighted by molar-refractivity contribution is 5.94. The SMILES string of the molecule is CCCCCCc1ccc(C(=O)NCCCC[C@@H](N)C(=O)NCC(=O)O)cc1. The van der Waals surface area contributed by atoms with E-state index in [1.165, 1.54) is 31.2 Å². The van der Waals surface area contributed by atoms with Crippen molar-refractivity contribution in [1.29, 1.82) is 0 Å². The minimum Gasteiger partial charge on any atom is -0.480 e. The second-order valence-corrected chi connectivity index (χ2v) is 6.98. The van der Waals surface area contributed by atoms with Gasteiger partial charge < -0.3 is 21.5 Å². The van der Waals surface area contributed by atoms with E-state index in [1.54, 1.807) is 0 Å². The van der Waals surface area contributed by atoms with E-state index in [-0.39, 0.29) is 5.91 Å². The van der Waals surface area contributed by atoms with Crippen LogP contribution in [0.5, 0.6) is 0 Å². The van der Waals surface area contributed by atoms with Crippen LogP contribution in [0.25, 0.3) is 0 Å². The molecule has 1 aromatic carbocycles. The molecule has 7 nitrogen and oxygen atoms in total. The van der Waals surface area contributed by atoms with Crippen LogP contribution in [0.2, 0.25) is 0 Å². The van der Waals surface area contributed by atoms with Gasteiger partial charge >= 0.3 is 5.97 Å². The summed E-state index contributed by atoms with van der Waals surface area (Å²) in [6, 6.07) is 6.99. The van der Waals surface area contributed by atoms with Crippen LogP contribution in [0.1, 0.15) is 67.8 Å². The van der Waals surface area contributed by atoms with E-state index in [2.05, 4.69) is 17.6 Å². The quantitative estimate of drug-likeness (QED) is 0.362. The van der Waals surface area contributed by atoms with Gasteiger partial charge in [0.2, 0.25) is 5.91 Å². The number of rotatable bonds is 14. The summed E-state index contributed by atoms with van der Waals surface area (Å²) < 4.78 is 0. The van der Waals surface area contributed by atoms with Gasteiger partial charge in [-0.2, -0.15) is 0 Å². The maximum absolute atomic E-state index is 12.2. The molecule has 0 saturated heterocycles. The zero-order valence-corrected chi connectivity index (χ0v) is 16.7. The Morgan fingerprint density at radius 3 is 2.36 bits per heavy atom. The summed E-state index contributed by atoms with van der Waals surface area (Å²) in [5.74, 6) is -1.69. The van der Waals surface area contributed by atoms with Gasteiger partial charge in [-0.15, -0.1) is 0 Å². The topological polar surface area (TPSA) is 122 Å². The Labute approximate surface area is 167 Å². The maximum Gasteiger partial charge on any atom is 0.322 e. The molecule has 5 N–H and O–H groups in total. The third-order valence-electron chi connectivity index (χ3n) is 4.51. The molecule has 1 rings (SSSR count). The molecule has 0 aliphatic carbocycles. The number of hydrogen-bond donors (Lipinski definition) is 4. The summed E-state index contributed by atoms with van der Waals surface area (Å²) in [7, 11) is 0. The molecular weight excluding hydrogens is 358 g/mol. The molecule has 0 heterocycles. The zero-order chi connectivity index (χ0) is 20.8. The number of aryl methyl sites for hydroxylation is 1. The minimum atomic E-state index is -1.10. The van der Waals surface area contributed by atoms with Crippen molar-refractivity contribution in [2.75, 3.05) is 13.1 Å². The van der Waals surface area contributed by atoms with Crippen LogP contribution in [0.15, 0.2) is 24.3 Å². The van der Waals surface area contributed by atoms with Gasteiger partial charge in [-0.25, -0.2) is 0 Å². The van der Waals surface area contributed by atoms with Crippen LogP contribution in [0.3, 0.4) is 0 Å². The van der Waals surface area contributed by atoms with E-state index in [0.717, 1.165) is 6.42 Å². The molecule has 0 aliphatic heterocycles. The van der Waals surface area contributed by atoms with Crippen LogP contribution in [-0.2, 0) is 16.0 Å². The van der Waals surface area contributed by atoms with Gasteiger partial charge in [0, 0.05) is 12.1 Å². The molecule has 0 unspecified atom stereocenters. The first-order chi connectivity index (χ1) is 13.4. The van der Waals surface area contributed by atoms with Gasteiger partial charge in [-0.05, 0) is 49.8 Å². The van der Waals surface area contributed by atoms with Crippen molar-refractivity contribution in [2.24, 2.45) is 5.73 Å². The zero-order valence-electron chi connectivity index (χ0n) is 16.7. The lowest BCUT2D eigenvalue weighted by molar-refractivity contribution is -0.138. The van der Waals surface area contributed by atoms with E-state index >= 15 is 0 Å². The Balaban J connectivity index is 2.20. The number of hydrogen-bond acceptors (Lipinski definition) is 4. The van der Waals surface area contributed by atoms with Crippen molar-refractivity contribution in [2.45, 2.75) is 64.3 Å². The van der Waals surface area contributed by atoms with Gasteiger partial charge in [-0.3, -0.25) is 14.4 Å². The fourth-order valence-corrected chi connectivity index (χ4v) is 2.80. The Morgan fingerprint density at radius 1 is 1.00 bits per heavy atom. The first kappa shape index (κ1) is 23.6. The number of unbranched alkanes of at least 4 members (excludes halogenated alkanes) is 4. The van der Waals surface area contributed by atoms with Crippen LogP contribution in [0.4, 0.5) is 0 Å². The minimum absolute atomic E-state index is 0.110. The summed E-state index contributed by atoms with van der Waals surface area (Å²) in [4.78, 5) is 34.1. The van der Waals surface area contributed by atoms with Gasteiger partial charge in [0.15, 0.2) is 0 Å². The van der Waals surface area contributed by atoms with Gasteiger partial charge in [0.05, 0.1) is 6.04 Å². The molecule has 0 spiro atoms. The summed E-state index contributed by atoms with van der Waals surface area (Å²) in [6.07, 6.45) is 7.75. The lowest BCUT2D eigenvalue weighted by atomic mass is 10.0. The number of carboxylic acid groups (broad SMARTS) is 1. The predicted octanol–water partition coefficient (Wildman–Crippen LogP) is 2.24. The van der Waals surface area contributed by atoms with Crippen molar-refractivity contribution in [3.8, 4) is 0 Å². The number of amides is 2. The van der Waals surface area contributed by atoms with E-state index in [4.69, 9.17) is 10.8 Å². The van der Waals surface area contributed by atoms with Crippen molar-refractivity contribution in [3.05, 3.63) is 35.4 Å². The molecule has 28 heavy (non-hydrogen) atoms. The molecule has 156 valence electrons. The molecular formula is C21H33N3O4. The normalized spacial score (nSPS) is 11.6. The first-order valence-electron chi connectivity index (χ1n) is 10.1. The Morgan fingerprint density at radius 2 is 1.71 bits per heavy atom. The molecule has 7 heteroatoms. The monoisotopic (exact) mass is 391 g/mol. The maximum atomic E-state index is 12.2. The second-order valence-electron chi connectivity index (χ2n) is 6.98. The number of carboxylic acids is 1. The van der Waals surface area contributed by atoms with Crippen LogP contribution >= 0.6 is 0 Å². The fraction of sp³-hybridized carbons (Fsp3) is 0.571. The molecule has 0 radical (unpaired) electrons. The molecule has 0 bridgehead atoms. The standard InChI is InChI=1S/C21H33N3O4/c1-2-3-4-5-8-16-10-12-17(13-11-16)20(27)23-14-7-6-9-18(22)21(28)24-15-19(25)26/h10-13,18H,2-9,14-15,22H2,1H3,(H,23,27)(H,24,28)(H,25,26)/t18-/m1/s1. The largest absolute Gasteiger partial charge is 0.480 e. The third-order valence-corrected chi connectivity index (χ3v) is 4.51. The van der Waals surface area contributed by atoms with E-state index in [1.807, 2.05) is 24.3 Å². The summed E-state index contributed by atoms with van der Waals surface area (Å²) in [5.41, 5.74) is 7.60. The van der Waals surface area contributed by atoms with Crippen LogP contribution < -0.4 is 16.4 Å². The van der Waals surface area contributed by atoms with E-state index < -0.39 is 24.5 Å². The number of benzene rings is 1. The smallest absolute Gasteiger partial charge is 0.322 e. The average molecular weight is 392 g/mol. The molecule has 0 saturated carbocycles. The van der Waals surface area contributed by atoms with Crippen LogP contribution in [-0.4, -0.2) is 42.0 Å². The third kappa shape index (κ3) is 10.1. The molecule has 0 fully saturated rings. The average Bonchev–Trinajstić information content (AvgIpc) is 2.69. The molecule has 1 aromatic rings. The highest BCUT2D eigenvalue weighted by atomic mass is 16.4. The van der Waals surface area contributed by atoms with E-state index in [0.29, 0.717) is 31.4 Å². The van der Waals surface area contributed by atoms with Gasteiger partial charge in [-0.1, -0.05) is 38.3 Å². The number of carbonyl (C=O) groups is 3. The lowest BCUT2D eigenvalue weighted by Gasteiger charge is -2.11. The van der Waals surface area contributed by atoms with Crippen molar-refractivity contribution >= 4 is 17.8 Å². The number of aliphatic carboxylic acids is 1. The second kappa shape index (κ2) is 13.7. The molecule has 2 amide bonds. The summed E-state index contributed by atoms with van der Waals surface area (Å²) in [6.45, 7) is 2.27. The summed E-state index contributed by atoms with van der Waals surface area (Å²) in [5, 5.41) is 13.6. The van der Waals surface area contributed by atoms with Gasteiger partial charge in [0.25, 0.3) is 5.91 Å². The van der Waals surface area contributed by atoms with E-state index in [9.17, 15) is 14.4 Å². The highest BCUT2D eigenvalue weighted by Gasteiger charge is 2.13. The first-order valence-corrected chi connectivity index (χ1v) is 10.1. The lowest BCUT2D eigenvalue weighted by Crippen LogP contribution is -2.42. The fourth-order valence-electron chi connectivity index (χ4n) is 2.80. The number of nitrogens with two attached hydrogens (primary N) is 1. The highest BCUT2D eigenvalue weighted by Crippen LogP contribution is 2.10.